The summed E-state index contributed by atoms with van der Waals surface area (Å²) < 4.78 is 26.5. The molecule has 8 heteroatoms. The zero-order chi connectivity index (χ0) is 22.2. The second-order valence-corrected chi connectivity index (χ2v) is 8.10. The van der Waals surface area contributed by atoms with Crippen molar-refractivity contribution in [3.63, 3.8) is 0 Å². The first-order valence-corrected chi connectivity index (χ1v) is 10.6. The molecule has 3 rings (SSSR count). The average molecular weight is 444 g/mol. The van der Waals surface area contributed by atoms with Gasteiger partial charge in [0.25, 0.3) is 0 Å². The van der Waals surface area contributed by atoms with Gasteiger partial charge in [-0.15, -0.1) is 11.3 Å². The van der Waals surface area contributed by atoms with Crippen molar-refractivity contribution < 1.29 is 18.4 Å². The Labute approximate surface area is 183 Å². The second kappa shape index (κ2) is 10.8. The summed E-state index contributed by atoms with van der Waals surface area (Å²) in [6.07, 6.45) is 0.201. The standard InChI is InChI=1S/C23H23F2N3O2S/c1-28(15-22(30)26-19-13-17(24)12-18(25)14-19)10-9-21(29)27-23(20-8-5-11-31-20)16-6-3-2-4-7-16/h2-8,11-14,23H,9-10,15H2,1H3,(H,26,30)(H,27,29). The highest BCUT2D eigenvalue weighted by atomic mass is 32.1. The van der Waals surface area contributed by atoms with Gasteiger partial charge in [0.1, 0.15) is 11.6 Å². The summed E-state index contributed by atoms with van der Waals surface area (Å²) in [5.41, 5.74) is 1.05. The lowest BCUT2D eigenvalue weighted by molar-refractivity contribution is -0.122. The van der Waals surface area contributed by atoms with E-state index in [0.29, 0.717) is 6.54 Å². The number of amides is 2. The highest BCUT2D eigenvalue weighted by Gasteiger charge is 2.18. The van der Waals surface area contributed by atoms with E-state index in [0.717, 1.165) is 28.6 Å². The average Bonchev–Trinajstić information content (AvgIpc) is 3.25. The van der Waals surface area contributed by atoms with Gasteiger partial charge in [-0.1, -0.05) is 36.4 Å². The Balaban J connectivity index is 1.50. The fourth-order valence-corrected chi connectivity index (χ4v) is 3.90. The third kappa shape index (κ3) is 6.97. The molecule has 1 unspecified atom stereocenters. The number of nitrogens with zero attached hydrogens (tertiary/aromatic N) is 1. The molecule has 0 radical (unpaired) electrons. The number of hydrogen-bond acceptors (Lipinski definition) is 4. The fourth-order valence-electron chi connectivity index (χ4n) is 3.10. The molecular formula is C23H23F2N3O2S. The van der Waals surface area contributed by atoms with Crippen LogP contribution < -0.4 is 10.6 Å². The van der Waals surface area contributed by atoms with E-state index in [4.69, 9.17) is 0 Å². The zero-order valence-electron chi connectivity index (χ0n) is 17.0. The number of carbonyl (C=O) groups is 2. The monoisotopic (exact) mass is 443 g/mol. The van der Waals surface area contributed by atoms with Crippen LogP contribution in [0.4, 0.5) is 14.5 Å². The highest BCUT2D eigenvalue weighted by molar-refractivity contribution is 7.10. The van der Waals surface area contributed by atoms with E-state index in [2.05, 4.69) is 10.6 Å². The first kappa shape index (κ1) is 22.6. The first-order valence-electron chi connectivity index (χ1n) is 9.73. The maximum Gasteiger partial charge on any atom is 0.238 e. The number of halogens is 2. The van der Waals surface area contributed by atoms with E-state index < -0.39 is 17.5 Å². The first-order chi connectivity index (χ1) is 14.9. The molecule has 31 heavy (non-hydrogen) atoms. The van der Waals surface area contributed by atoms with Gasteiger partial charge in [-0.2, -0.15) is 0 Å². The number of thiophene rings is 1. The van der Waals surface area contributed by atoms with Gasteiger partial charge in [0, 0.05) is 29.6 Å². The molecule has 1 atom stereocenters. The molecule has 2 N–H and O–H groups in total. The number of rotatable bonds is 9. The molecule has 1 heterocycles. The van der Waals surface area contributed by atoms with Crippen LogP contribution in [0.25, 0.3) is 0 Å². The Morgan fingerprint density at radius 1 is 1.00 bits per heavy atom. The number of anilines is 1. The van der Waals surface area contributed by atoms with Crippen LogP contribution in [0.3, 0.4) is 0 Å². The van der Waals surface area contributed by atoms with Crippen molar-refractivity contribution in [1.29, 1.82) is 0 Å². The van der Waals surface area contributed by atoms with Crippen LogP contribution in [-0.2, 0) is 9.59 Å². The minimum absolute atomic E-state index is 0.0154. The lowest BCUT2D eigenvalue weighted by Crippen LogP contribution is -2.35. The van der Waals surface area contributed by atoms with E-state index in [1.807, 2.05) is 47.8 Å². The second-order valence-electron chi connectivity index (χ2n) is 7.12. The summed E-state index contributed by atoms with van der Waals surface area (Å²) in [7, 11) is 1.70. The Morgan fingerprint density at radius 3 is 2.35 bits per heavy atom. The van der Waals surface area contributed by atoms with Crippen LogP contribution in [0, 0.1) is 11.6 Å². The molecule has 0 spiro atoms. The van der Waals surface area contributed by atoms with Crippen LogP contribution in [0.15, 0.2) is 66.0 Å². The largest absolute Gasteiger partial charge is 0.344 e. The topological polar surface area (TPSA) is 61.4 Å². The van der Waals surface area contributed by atoms with E-state index in [1.165, 1.54) is 0 Å². The molecular weight excluding hydrogens is 420 g/mol. The van der Waals surface area contributed by atoms with Crippen LogP contribution in [-0.4, -0.2) is 36.9 Å². The van der Waals surface area contributed by atoms with Gasteiger partial charge in [-0.25, -0.2) is 8.78 Å². The van der Waals surface area contributed by atoms with Crippen LogP contribution in [0.1, 0.15) is 22.9 Å². The van der Waals surface area contributed by atoms with Gasteiger partial charge >= 0.3 is 0 Å². The molecule has 5 nitrogen and oxygen atoms in total. The molecule has 0 saturated carbocycles. The van der Waals surface area contributed by atoms with E-state index in [1.54, 1.807) is 23.3 Å². The summed E-state index contributed by atoms with van der Waals surface area (Å²) in [6, 6.07) is 16.2. The van der Waals surface area contributed by atoms with Gasteiger partial charge in [0.2, 0.25) is 11.8 Å². The molecule has 2 amide bonds. The van der Waals surface area contributed by atoms with E-state index >= 15 is 0 Å². The van der Waals surface area contributed by atoms with Crippen LogP contribution in [0.2, 0.25) is 0 Å². The summed E-state index contributed by atoms with van der Waals surface area (Å²) in [5, 5.41) is 7.48. The quantitative estimate of drug-likeness (QED) is 0.521. The number of benzene rings is 2. The van der Waals surface area contributed by atoms with Crippen molar-refractivity contribution in [2.45, 2.75) is 12.5 Å². The summed E-state index contributed by atoms with van der Waals surface area (Å²) in [5.74, 6) is -2.09. The van der Waals surface area contributed by atoms with E-state index in [9.17, 15) is 18.4 Å². The third-order valence-electron chi connectivity index (χ3n) is 4.55. The number of hydrogen-bond donors (Lipinski definition) is 2. The van der Waals surface area contributed by atoms with Gasteiger partial charge in [-0.3, -0.25) is 14.5 Å². The van der Waals surface area contributed by atoms with Crippen molar-refractivity contribution >= 4 is 28.8 Å². The van der Waals surface area contributed by atoms with Gasteiger partial charge in [0.15, 0.2) is 0 Å². The number of carbonyl (C=O) groups excluding carboxylic acids is 2. The number of likely N-dealkylation sites (N-methyl/N-ethyl adjacent to an activating group) is 1. The SMILES string of the molecule is CN(CCC(=O)NC(c1ccccc1)c1cccs1)CC(=O)Nc1cc(F)cc(F)c1. The minimum Gasteiger partial charge on any atom is -0.344 e. The molecule has 0 fully saturated rings. The van der Waals surface area contributed by atoms with Crippen molar-refractivity contribution in [3.05, 3.63) is 88.1 Å². The molecule has 0 aliphatic carbocycles. The van der Waals surface area contributed by atoms with Crippen molar-refractivity contribution in [3.8, 4) is 0 Å². The van der Waals surface area contributed by atoms with Gasteiger partial charge in [0.05, 0.1) is 12.6 Å². The van der Waals surface area contributed by atoms with Crippen molar-refractivity contribution in [2.75, 3.05) is 25.5 Å². The molecule has 162 valence electrons. The van der Waals surface area contributed by atoms with Crippen LogP contribution >= 0.6 is 11.3 Å². The Bertz CT molecular complexity index is 993. The smallest absolute Gasteiger partial charge is 0.238 e. The zero-order valence-corrected chi connectivity index (χ0v) is 17.8. The third-order valence-corrected chi connectivity index (χ3v) is 5.48. The maximum absolute atomic E-state index is 13.2. The molecule has 0 bridgehead atoms. The Hall–Kier alpha value is -3.10. The Morgan fingerprint density at radius 2 is 1.71 bits per heavy atom. The molecule has 0 saturated heterocycles. The van der Waals surface area contributed by atoms with Gasteiger partial charge in [-0.05, 0) is 36.2 Å². The predicted molar refractivity (Wildman–Crippen MR) is 118 cm³/mol. The maximum atomic E-state index is 13.2. The normalized spacial score (nSPS) is 11.9. The summed E-state index contributed by atoms with van der Waals surface area (Å²) in [4.78, 5) is 27.4. The van der Waals surface area contributed by atoms with Crippen molar-refractivity contribution in [1.82, 2.24) is 10.2 Å². The Kier molecular flexibility index (Phi) is 7.86. The molecule has 0 aliphatic heterocycles. The number of nitrogens with one attached hydrogen (secondary N) is 2. The van der Waals surface area contributed by atoms with E-state index in [-0.39, 0.29) is 30.6 Å². The lowest BCUT2D eigenvalue weighted by Gasteiger charge is -2.20. The van der Waals surface area contributed by atoms with Crippen LogP contribution in [0.5, 0.6) is 0 Å². The van der Waals surface area contributed by atoms with Gasteiger partial charge < -0.3 is 10.6 Å². The predicted octanol–water partition coefficient (Wildman–Crippen LogP) is 4.19. The highest BCUT2D eigenvalue weighted by Crippen LogP contribution is 2.26. The summed E-state index contributed by atoms with van der Waals surface area (Å²) >= 11 is 1.57. The molecule has 2 aromatic carbocycles. The molecule has 0 aliphatic rings. The fraction of sp³-hybridized carbons (Fsp3) is 0.217. The molecule has 1 aromatic heterocycles. The minimum atomic E-state index is -0.765. The summed E-state index contributed by atoms with van der Waals surface area (Å²) in [6.45, 7) is 0.334. The molecule has 3 aromatic rings. The van der Waals surface area contributed by atoms with Crippen molar-refractivity contribution in [2.24, 2.45) is 0 Å². The lowest BCUT2D eigenvalue weighted by atomic mass is 10.1.